The topological polar surface area (TPSA) is 77.9 Å². The van der Waals surface area contributed by atoms with Gasteiger partial charge in [-0.15, -0.1) is 0 Å². The second-order valence-corrected chi connectivity index (χ2v) is 5.96. The molecule has 2 aromatic carbocycles. The van der Waals surface area contributed by atoms with Crippen molar-refractivity contribution in [1.82, 2.24) is 4.98 Å². The summed E-state index contributed by atoms with van der Waals surface area (Å²) in [4.78, 5) is 17.3. The minimum atomic E-state index is -0.242. The SMILES string of the molecule is CCOc1ccc2c(C(=O)c3cc(OC)c(C)c(OC)c3)cncc2c1O. The molecule has 140 valence electrons. The maximum absolute atomic E-state index is 13.2. The zero-order valence-corrected chi connectivity index (χ0v) is 15.7. The molecule has 27 heavy (non-hydrogen) atoms. The molecule has 0 aliphatic rings. The predicted octanol–water partition coefficient (Wildman–Crippen LogP) is 3.90. The maximum atomic E-state index is 13.2. The molecule has 0 spiro atoms. The van der Waals surface area contributed by atoms with Crippen molar-refractivity contribution in [2.75, 3.05) is 20.8 Å². The fraction of sp³-hybridized carbons (Fsp3) is 0.238. The summed E-state index contributed by atoms with van der Waals surface area (Å²) in [5.41, 5.74) is 1.60. The highest BCUT2D eigenvalue weighted by Gasteiger charge is 2.19. The van der Waals surface area contributed by atoms with Gasteiger partial charge in [-0.25, -0.2) is 0 Å². The molecule has 6 heteroatoms. The van der Waals surface area contributed by atoms with Crippen LogP contribution in [0.3, 0.4) is 0 Å². The molecule has 0 atom stereocenters. The highest BCUT2D eigenvalue weighted by molar-refractivity contribution is 6.17. The Bertz CT molecular complexity index is 988. The minimum absolute atomic E-state index is 0.0319. The van der Waals surface area contributed by atoms with Gasteiger partial charge >= 0.3 is 0 Å². The third-order valence-electron chi connectivity index (χ3n) is 4.44. The number of phenolic OH excluding ortho intramolecular Hbond substituents is 1. The number of hydrogen-bond acceptors (Lipinski definition) is 6. The van der Waals surface area contributed by atoms with Crippen LogP contribution >= 0.6 is 0 Å². The molecule has 0 saturated carbocycles. The smallest absolute Gasteiger partial charge is 0.195 e. The van der Waals surface area contributed by atoms with Crippen LogP contribution in [0.15, 0.2) is 36.7 Å². The molecule has 0 saturated heterocycles. The maximum Gasteiger partial charge on any atom is 0.195 e. The summed E-state index contributed by atoms with van der Waals surface area (Å²) in [6, 6.07) is 6.74. The van der Waals surface area contributed by atoms with E-state index in [9.17, 15) is 9.90 Å². The molecule has 1 heterocycles. The van der Waals surface area contributed by atoms with Crippen molar-refractivity contribution in [3.63, 3.8) is 0 Å². The quantitative estimate of drug-likeness (QED) is 0.666. The van der Waals surface area contributed by atoms with Crippen LogP contribution in [0, 0.1) is 6.92 Å². The molecule has 0 aliphatic heterocycles. The second-order valence-electron chi connectivity index (χ2n) is 5.96. The molecular weight excluding hydrogens is 346 g/mol. The number of aromatic hydroxyl groups is 1. The van der Waals surface area contributed by atoms with Crippen molar-refractivity contribution in [2.45, 2.75) is 13.8 Å². The van der Waals surface area contributed by atoms with Gasteiger partial charge in [0.15, 0.2) is 17.3 Å². The first kappa shape index (κ1) is 18.5. The third-order valence-corrected chi connectivity index (χ3v) is 4.44. The van der Waals surface area contributed by atoms with Gasteiger partial charge < -0.3 is 19.3 Å². The van der Waals surface area contributed by atoms with E-state index in [-0.39, 0.29) is 11.5 Å². The van der Waals surface area contributed by atoms with Crippen molar-refractivity contribution in [3.8, 4) is 23.0 Å². The van der Waals surface area contributed by atoms with Crippen LogP contribution in [0.25, 0.3) is 10.8 Å². The molecule has 1 N–H and O–H groups in total. The van der Waals surface area contributed by atoms with Gasteiger partial charge in [0.1, 0.15) is 11.5 Å². The largest absolute Gasteiger partial charge is 0.504 e. The van der Waals surface area contributed by atoms with Crippen LogP contribution in [-0.2, 0) is 0 Å². The van der Waals surface area contributed by atoms with E-state index >= 15 is 0 Å². The zero-order valence-electron chi connectivity index (χ0n) is 15.7. The average Bonchev–Trinajstić information content (AvgIpc) is 2.69. The zero-order chi connectivity index (χ0) is 19.6. The molecule has 0 unspecified atom stereocenters. The van der Waals surface area contributed by atoms with E-state index in [1.807, 2.05) is 13.8 Å². The number of pyridine rings is 1. The van der Waals surface area contributed by atoms with Crippen molar-refractivity contribution >= 4 is 16.6 Å². The summed E-state index contributed by atoms with van der Waals surface area (Å²) in [5, 5.41) is 11.5. The Morgan fingerprint density at radius 2 is 1.70 bits per heavy atom. The molecule has 3 rings (SSSR count). The molecule has 1 aromatic heterocycles. The molecule has 0 fully saturated rings. The molecule has 6 nitrogen and oxygen atoms in total. The fourth-order valence-corrected chi connectivity index (χ4v) is 3.04. The van der Waals surface area contributed by atoms with Gasteiger partial charge in [-0.05, 0) is 43.5 Å². The van der Waals surface area contributed by atoms with Crippen LogP contribution in [-0.4, -0.2) is 36.7 Å². The van der Waals surface area contributed by atoms with Crippen molar-refractivity contribution in [1.29, 1.82) is 0 Å². The van der Waals surface area contributed by atoms with Gasteiger partial charge in [0.2, 0.25) is 0 Å². The second kappa shape index (κ2) is 7.53. The number of hydrogen-bond donors (Lipinski definition) is 1. The van der Waals surface area contributed by atoms with Crippen LogP contribution in [0.5, 0.6) is 23.0 Å². The molecule has 3 aromatic rings. The normalized spacial score (nSPS) is 10.7. The number of aromatic nitrogens is 1. The summed E-state index contributed by atoms with van der Waals surface area (Å²) >= 11 is 0. The highest BCUT2D eigenvalue weighted by Crippen LogP contribution is 2.36. The van der Waals surface area contributed by atoms with Gasteiger partial charge in [-0.1, -0.05) is 0 Å². The van der Waals surface area contributed by atoms with Gasteiger partial charge in [-0.2, -0.15) is 0 Å². The number of methoxy groups -OCH3 is 2. The number of ether oxygens (including phenoxy) is 3. The summed E-state index contributed by atoms with van der Waals surface area (Å²) in [6.45, 7) is 4.12. The van der Waals surface area contributed by atoms with Crippen LogP contribution in [0.4, 0.5) is 0 Å². The Morgan fingerprint density at radius 3 is 2.30 bits per heavy atom. The summed E-state index contributed by atoms with van der Waals surface area (Å²) in [7, 11) is 3.09. The molecule has 0 aliphatic carbocycles. The number of fused-ring (bicyclic) bond motifs is 1. The number of rotatable bonds is 6. The first-order chi connectivity index (χ1) is 13.0. The van der Waals surface area contributed by atoms with Gasteiger partial charge in [0, 0.05) is 34.5 Å². The first-order valence-electron chi connectivity index (χ1n) is 8.51. The van der Waals surface area contributed by atoms with E-state index in [4.69, 9.17) is 14.2 Å². The number of carbonyl (C=O) groups excluding carboxylic acids is 1. The lowest BCUT2D eigenvalue weighted by Crippen LogP contribution is -2.05. The number of carbonyl (C=O) groups is 1. The number of phenols is 1. The van der Waals surface area contributed by atoms with Gasteiger partial charge in [0.05, 0.1) is 20.8 Å². The van der Waals surface area contributed by atoms with Crippen LogP contribution in [0.1, 0.15) is 28.4 Å². The van der Waals surface area contributed by atoms with E-state index < -0.39 is 0 Å². The first-order valence-corrected chi connectivity index (χ1v) is 8.51. The minimum Gasteiger partial charge on any atom is -0.504 e. The van der Waals surface area contributed by atoms with Gasteiger partial charge in [0.25, 0.3) is 0 Å². The predicted molar refractivity (Wildman–Crippen MR) is 102 cm³/mol. The lowest BCUT2D eigenvalue weighted by molar-refractivity contribution is 0.103. The Kier molecular flexibility index (Phi) is 5.16. The van der Waals surface area contributed by atoms with E-state index in [1.54, 1.807) is 38.5 Å². The van der Waals surface area contributed by atoms with Gasteiger partial charge in [-0.3, -0.25) is 9.78 Å². The Hall–Kier alpha value is -3.28. The third kappa shape index (κ3) is 3.26. The molecule has 0 radical (unpaired) electrons. The molecule has 0 amide bonds. The molecular formula is C21H21NO5. The van der Waals surface area contributed by atoms with Crippen LogP contribution < -0.4 is 14.2 Å². The van der Waals surface area contributed by atoms with E-state index in [2.05, 4.69) is 4.98 Å². The fourth-order valence-electron chi connectivity index (χ4n) is 3.04. The van der Waals surface area contributed by atoms with Crippen molar-refractivity contribution in [2.24, 2.45) is 0 Å². The van der Waals surface area contributed by atoms with E-state index in [0.717, 1.165) is 5.56 Å². The summed E-state index contributed by atoms with van der Waals surface area (Å²) in [6.07, 6.45) is 3.00. The number of ketones is 1. The molecule has 0 bridgehead atoms. The van der Waals surface area contributed by atoms with E-state index in [1.165, 1.54) is 12.4 Å². The lowest BCUT2D eigenvalue weighted by Gasteiger charge is -2.13. The van der Waals surface area contributed by atoms with Crippen molar-refractivity contribution in [3.05, 3.63) is 53.3 Å². The summed E-state index contributed by atoms with van der Waals surface area (Å²) in [5.74, 6) is 1.21. The highest BCUT2D eigenvalue weighted by atomic mass is 16.5. The number of nitrogens with zero attached hydrogens (tertiary/aromatic N) is 1. The monoisotopic (exact) mass is 367 g/mol. The standard InChI is InChI=1S/C21H21NO5/c1-5-27-17-7-6-14-15(10-22-11-16(14)21(17)24)20(23)13-8-18(25-3)12(2)19(9-13)26-4/h6-11,24H,5H2,1-4H3. The van der Waals surface area contributed by atoms with Crippen molar-refractivity contribution < 1.29 is 24.1 Å². The Morgan fingerprint density at radius 1 is 1.04 bits per heavy atom. The number of benzene rings is 2. The summed E-state index contributed by atoms with van der Waals surface area (Å²) < 4.78 is 16.1. The van der Waals surface area contributed by atoms with Crippen LogP contribution in [0.2, 0.25) is 0 Å². The Balaban J connectivity index is 2.15. The lowest BCUT2D eigenvalue weighted by atomic mass is 9.97. The van der Waals surface area contributed by atoms with E-state index in [0.29, 0.717) is 45.8 Å². The Labute approximate surface area is 157 Å². The average molecular weight is 367 g/mol.